The number of carbonyl (C=O) groups excluding carboxylic acids is 2. The Balaban J connectivity index is 2.05. The minimum atomic E-state index is -1.06. The van der Waals surface area contributed by atoms with E-state index in [1.807, 2.05) is 0 Å². The second kappa shape index (κ2) is 11.5. The van der Waals surface area contributed by atoms with Gasteiger partial charge in [-0.15, -0.1) is 10.3 Å². The maximum Gasteiger partial charge on any atom is 0.303 e. The average molecular weight is 517 g/mol. The molecular weight excluding hydrogens is 494 g/mol. The number of benzene rings is 1. The summed E-state index contributed by atoms with van der Waals surface area (Å²) in [6, 6.07) is 1.13. The molecule has 0 saturated carbocycles. The van der Waals surface area contributed by atoms with E-state index < -0.39 is 59.1 Å². The van der Waals surface area contributed by atoms with E-state index in [0.717, 1.165) is 12.1 Å². The molecule has 5 atom stereocenters. The normalized spacial score (nSPS) is 24.5. The van der Waals surface area contributed by atoms with E-state index in [4.69, 9.17) is 35.8 Å². The van der Waals surface area contributed by atoms with Crippen molar-refractivity contribution in [3.63, 3.8) is 0 Å². The smallest absolute Gasteiger partial charge is 0.303 e. The molecule has 0 amide bonds. The number of oxime groups is 1. The zero-order valence-corrected chi connectivity index (χ0v) is 19.7. The second-order valence-electron chi connectivity index (χ2n) is 7.65. The van der Waals surface area contributed by atoms with Gasteiger partial charge in [0.25, 0.3) is 0 Å². The summed E-state index contributed by atoms with van der Waals surface area (Å²) in [5.41, 5.74) is 0.175. The number of nitrogens with zero attached hydrogens (tertiary/aromatic N) is 4. The Hall–Kier alpha value is -3.16. The van der Waals surface area contributed by atoms with Crippen LogP contribution in [0.15, 0.2) is 23.5 Å². The number of aromatic nitrogens is 3. The van der Waals surface area contributed by atoms with Gasteiger partial charge >= 0.3 is 11.9 Å². The first-order valence-corrected chi connectivity index (χ1v) is 10.8. The van der Waals surface area contributed by atoms with Crippen LogP contribution in [0, 0.1) is 11.6 Å². The molecule has 0 unspecified atom stereocenters. The number of hydrogen-bond donors (Lipinski definition) is 1. The van der Waals surface area contributed by atoms with Gasteiger partial charge in [-0.25, -0.2) is 13.5 Å². The molecule has 1 aromatic heterocycles. The van der Waals surface area contributed by atoms with E-state index in [9.17, 15) is 18.4 Å². The molecule has 1 aliphatic rings. The summed E-state index contributed by atoms with van der Waals surface area (Å²) in [4.78, 5) is 23.4. The Labute approximate surface area is 203 Å². The van der Waals surface area contributed by atoms with Gasteiger partial charge in [-0.2, -0.15) is 0 Å². The van der Waals surface area contributed by atoms with Crippen molar-refractivity contribution in [1.29, 1.82) is 0 Å². The van der Waals surface area contributed by atoms with E-state index in [-0.39, 0.29) is 24.3 Å². The Morgan fingerprint density at radius 1 is 1.23 bits per heavy atom. The first-order valence-electron chi connectivity index (χ1n) is 10.4. The molecule has 11 nitrogen and oxygen atoms in total. The lowest BCUT2D eigenvalue weighted by molar-refractivity contribution is -0.224. The third kappa shape index (κ3) is 6.10. The lowest BCUT2D eigenvalue weighted by atomic mass is 9.90. The lowest BCUT2D eigenvalue weighted by Crippen LogP contribution is -2.58. The highest BCUT2D eigenvalue weighted by Crippen LogP contribution is 2.36. The van der Waals surface area contributed by atoms with E-state index in [1.54, 1.807) is 0 Å². The van der Waals surface area contributed by atoms with Crippen molar-refractivity contribution >= 4 is 29.8 Å². The summed E-state index contributed by atoms with van der Waals surface area (Å²) in [6.07, 6.45) is -0.910. The molecular formula is C21H23ClF2N4O7. The lowest BCUT2D eigenvalue weighted by Gasteiger charge is -2.44. The van der Waals surface area contributed by atoms with Gasteiger partial charge in [0.2, 0.25) is 0 Å². The molecule has 0 bridgehead atoms. The molecule has 0 radical (unpaired) electrons. The summed E-state index contributed by atoms with van der Waals surface area (Å²) >= 11 is 5.56. The molecule has 1 aromatic carbocycles. The fourth-order valence-electron chi connectivity index (χ4n) is 3.87. The second-order valence-corrected chi connectivity index (χ2v) is 8.03. The Kier molecular flexibility index (Phi) is 8.70. The van der Waals surface area contributed by atoms with Crippen LogP contribution in [0.4, 0.5) is 8.78 Å². The molecule has 2 aromatic rings. The minimum absolute atomic E-state index is 0.0705. The summed E-state index contributed by atoms with van der Waals surface area (Å²) in [5.74, 6) is -3.17. The minimum Gasteiger partial charge on any atom is -0.463 e. The molecule has 1 fully saturated rings. The highest BCUT2D eigenvalue weighted by atomic mass is 35.5. The van der Waals surface area contributed by atoms with Gasteiger partial charge in [-0.3, -0.25) is 9.59 Å². The standard InChI is InChI=1S/C21H23ClF2N4O7/c1-10(29)33-9-17-21(34-11(2)30)19(20(32-3)16(35-17)4-5-25-31)28-8-15(26-27-28)12-6-13(23)18(22)14(24)7-12/h5-8,16-17,19-21,31H,4,9H2,1-3H3/t16-,17-,19-,20+,21+/m1/s1. The number of hydrogen-bond acceptors (Lipinski definition) is 10. The van der Waals surface area contributed by atoms with Crippen molar-refractivity contribution in [2.45, 2.75) is 50.7 Å². The third-order valence-electron chi connectivity index (χ3n) is 5.30. The van der Waals surface area contributed by atoms with Crippen LogP contribution in [0.5, 0.6) is 0 Å². The average Bonchev–Trinajstić information content (AvgIpc) is 3.29. The van der Waals surface area contributed by atoms with Crippen LogP contribution in [-0.2, 0) is 28.5 Å². The number of halogens is 3. The molecule has 35 heavy (non-hydrogen) atoms. The van der Waals surface area contributed by atoms with E-state index >= 15 is 0 Å². The maximum atomic E-state index is 14.0. The summed E-state index contributed by atoms with van der Waals surface area (Å²) in [6.45, 7) is 2.14. The van der Waals surface area contributed by atoms with Crippen LogP contribution in [0.25, 0.3) is 11.3 Å². The Morgan fingerprint density at radius 3 is 2.49 bits per heavy atom. The first kappa shape index (κ1) is 26.4. The topological polar surface area (TPSA) is 134 Å². The molecule has 0 aliphatic carbocycles. The Bertz CT molecular complexity index is 1080. The van der Waals surface area contributed by atoms with Crippen LogP contribution < -0.4 is 0 Å². The number of ether oxygens (including phenoxy) is 4. The van der Waals surface area contributed by atoms with Crippen molar-refractivity contribution < 1.29 is 42.5 Å². The van der Waals surface area contributed by atoms with Crippen molar-refractivity contribution in [1.82, 2.24) is 15.0 Å². The van der Waals surface area contributed by atoms with Crippen LogP contribution in [0.3, 0.4) is 0 Å². The van der Waals surface area contributed by atoms with Crippen LogP contribution in [0.2, 0.25) is 5.02 Å². The molecule has 1 N–H and O–H groups in total. The molecule has 14 heteroatoms. The molecule has 190 valence electrons. The van der Waals surface area contributed by atoms with Gasteiger partial charge in [0.15, 0.2) is 6.10 Å². The van der Waals surface area contributed by atoms with Gasteiger partial charge in [0, 0.05) is 39.2 Å². The van der Waals surface area contributed by atoms with E-state index in [1.165, 1.54) is 38.1 Å². The zero-order valence-electron chi connectivity index (χ0n) is 18.9. The van der Waals surface area contributed by atoms with Crippen LogP contribution in [-0.4, -0.2) is 76.5 Å². The maximum absolute atomic E-state index is 14.0. The number of carbonyl (C=O) groups is 2. The molecule has 0 spiro atoms. The number of esters is 2. The highest BCUT2D eigenvalue weighted by Gasteiger charge is 2.50. The fraction of sp³-hybridized carbons (Fsp3) is 0.476. The van der Waals surface area contributed by atoms with Crippen LogP contribution in [0.1, 0.15) is 26.3 Å². The van der Waals surface area contributed by atoms with Gasteiger partial charge in [-0.1, -0.05) is 16.8 Å². The van der Waals surface area contributed by atoms with Gasteiger partial charge < -0.3 is 24.2 Å². The Morgan fingerprint density at radius 2 is 1.91 bits per heavy atom. The van der Waals surface area contributed by atoms with Gasteiger partial charge in [0.05, 0.1) is 12.3 Å². The SMILES string of the molecule is CO[C@@H]1[C@@H](n2cc(-c3cc(F)c(Cl)c(F)c3)nn2)[C@@H](OC(C)=O)[C@@H](COC(C)=O)O[C@@H]1CC=NO. The number of methoxy groups -OCH3 is 1. The highest BCUT2D eigenvalue weighted by molar-refractivity contribution is 6.31. The molecule has 1 saturated heterocycles. The van der Waals surface area contributed by atoms with Gasteiger partial charge in [-0.05, 0) is 12.1 Å². The van der Waals surface area contributed by atoms with Gasteiger partial charge in [0.1, 0.15) is 47.2 Å². The molecule has 3 rings (SSSR count). The predicted molar refractivity (Wildman–Crippen MR) is 116 cm³/mol. The number of rotatable bonds is 8. The zero-order chi connectivity index (χ0) is 25.7. The molecule has 1 aliphatic heterocycles. The largest absolute Gasteiger partial charge is 0.463 e. The van der Waals surface area contributed by atoms with Crippen LogP contribution >= 0.6 is 11.6 Å². The van der Waals surface area contributed by atoms with Crippen molar-refractivity contribution in [3.05, 3.63) is 35.0 Å². The third-order valence-corrected chi connectivity index (χ3v) is 5.66. The predicted octanol–water partition coefficient (Wildman–Crippen LogP) is 2.55. The summed E-state index contributed by atoms with van der Waals surface area (Å²) in [5, 5.41) is 19.3. The van der Waals surface area contributed by atoms with Crippen molar-refractivity contribution in [2.24, 2.45) is 5.16 Å². The summed E-state index contributed by atoms with van der Waals surface area (Å²) < 4.78 is 51.5. The van der Waals surface area contributed by atoms with Crippen molar-refractivity contribution in [3.8, 4) is 11.3 Å². The van der Waals surface area contributed by atoms with E-state index in [0.29, 0.717) is 0 Å². The first-order chi connectivity index (χ1) is 16.7. The van der Waals surface area contributed by atoms with E-state index in [2.05, 4.69) is 15.5 Å². The molecule has 2 heterocycles. The van der Waals surface area contributed by atoms with Crippen molar-refractivity contribution in [2.75, 3.05) is 13.7 Å². The fourth-order valence-corrected chi connectivity index (χ4v) is 3.98. The summed E-state index contributed by atoms with van der Waals surface area (Å²) in [7, 11) is 1.39. The quantitative estimate of drug-likeness (QED) is 0.185. The monoisotopic (exact) mass is 516 g/mol.